The van der Waals surface area contributed by atoms with E-state index in [1.165, 1.54) is 31.4 Å². The van der Waals surface area contributed by atoms with Crippen LogP contribution in [0.25, 0.3) is 0 Å². The maximum Gasteiger partial charge on any atom is 0.338 e. The van der Waals surface area contributed by atoms with E-state index in [-0.39, 0.29) is 11.8 Å². The number of nitrogens with one attached hydrogen (secondary N) is 2. The molecule has 0 saturated heterocycles. The molecule has 1 fully saturated rings. The van der Waals surface area contributed by atoms with Gasteiger partial charge in [0.25, 0.3) is 0 Å². The summed E-state index contributed by atoms with van der Waals surface area (Å²) in [6, 6.07) is 12.5. The molecule has 0 spiro atoms. The lowest BCUT2D eigenvalue weighted by Crippen LogP contribution is -2.23. The number of carbonyl (C=O) groups is 1. The average molecular weight is 370 g/mol. The molecule has 0 aromatic heterocycles. The van der Waals surface area contributed by atoms with Crippen molar-refractivity contribution in [1.82, 2.24) is 0 Å². The normalized spacial score (nSPS) is 14.6. The van der Waals surface area contributed by atoms with E-state index in [0.29, 0.717) is 24.8 Å². The van der Waals surface area contributed by atoms with Gasteiger partial charge in [0.2, 0.25) is 0 Å². The molecule has 1 aliphatic rings. The number of hydrogen-bond acceptors (Lipinski definition) is 4. The van der Waals surface area contributed by atoms with E-state index in [2.05, 4.69) is 10.6 Å². The molecule has 0 bridgehead atoms. The van der Waals surface area contributed by atoms with Crippen molar-refractivity contribution >= 4 is 17.3 Å². The third kappa shape index (κ3) is 5.46. The van der Waals surface area contributed by atoms with Gasteiger partial charge in [0.05, 0.1) is 23.5 Å². The second-order valence-electron chi connectivity index (χ2n) is 6.94. The van der Waals surface area contributed by atoms with Crippen molar-refractivity contribution in [2.45, 2.75) is 51.6 Å². The summed E-state index contributed by atoms with van der Waals surface area (Å²) in [5.74, 6) is -0.592. The Kier molecular flexibility index (Phi) is 6.69. The Bertz CT molecular complexity index is 773. The molecule has 0 radical (unpaired) electrons. The molecule has 1 aliphatic carbocycles. The molecule has 27 heavy (non-hydrogen) atoms. The molecule has 3 rings (SSSR count). The van der Waals surface area contributed by atoms with Crippen molar-refractivity contribution in [2.24, 2.45) is 0 Å². The quantitative estimate of drug-likeness (QED) is 0.644. The van der Waals surface area contributed by atoms with Gasteiger partial charge in [-0.3, -0.25) is 0 Å². The highest BCUT2D eigenvalue weighted by atomic mass is 19.1. The Labute approximate surface area is 160 Å². The number of anilines is 2. The van der Waals surface area contributed by atoms with Gasteiger partial charge in [0.1, 0.15) is 5.82 Å². The van der Waals surface area contributed by atoms with Crippen LogP contribution in [0.1, 0.15) is 54.9 Å². The molecule has 0 aliphatic heterocycles. The Hall–Kier alpha value is -2.56. The molecular weight excluding hydrogens is 343 g/mol. The minimum Gasteiger partial charge on any atom is -0.462 e. The molecule has 2 aromatic carbocycles. The van der Waals surface area contributed by atoms with Crippen molar-refractivity contribution < 1.29 is 13.9 Å². The predicted molar refractivity (Wildman–Crippen MR) is 107 cm³/mol. The van der Waals surface area contributed by atoms with Crippen molar-refractivity contribution in [3.05, 3.63) is 59.4 Å². The zero-order valence-corrected chi connectivity index (χ0v) is 15.8. The first kappa shape index (κ1) is 19.2. The van der Waals surface area contributed by atoms with Gasteiger partial charge in [-0.15, -0.1) is 0 Å². The fraction of sp³-hybridized carbons (Fsp3) is 0.409. The number of carbonyl (C=O) groups excluding carboxylic acids is 1. The molecule has 2 N–H and O–H groups in total. The lowest BCUT2D eigenvalue weighted by molar-refractivity contribution is 0.0526. The molecule has 0 atom stereocenters. The summed E-state index contributed by atoms with van der Waals surface area (Å²) in [6.45, 7) is 2.61. The third-order valence-electron chi connectivity index (χ3n) is 4.87. The Morgan fingerprint density at radius 3 is 2.67 bits per heavy atom. The molecule has 1 saturated carbocycles. The second kappa shape index (κ2) is 9.40. The Morgan fingerprint density at radius 2 is 1.93 bits per heavy atom. The zero-order valence-electron chi connectivity index (χ0n) is 15.8. The van der Waals surface area contributed by atoms with E-state index in [4.69, 9.17) is 4.74 Å². The molecule has 0 unspecified atom stereocenters. The van der Waals surface area contributed by atoms with Crippen LogP contribution in [0.3, 0.4) is 0 Å². The summed E-state index contributed by atoms with van der Waals surface area (Å²) < 4.78 is 18.5. The van der Waals surface area contributed by atoms with Crippen molar-refractivity contribution in [2.75, 3.05) is 17.2 Å². The summed E-state index contributed by atoms with van der Waals surface area (Å²) in [7, 11) is 0. The monoisotopic (exact) mass is 370 g/mol. The first-order chi connectivity index (χ1) is 13.2. The summed E-state index contributed by atoms with van der Waals surface area (Å²) in [4.78, 5) is 12.1. The minimum atomic E-state index is -0.337. The van der Waals surface area contributed by atoms with E-state index < -0.39 is 0 Å². The highest BCUT2D eigenvalue weighted by Crippen LogP contribution is 2.28. The van der Waals surface area contributed by atoms with Crippen molar-refractivity contribution in [3.8, 4) is 0 Å². The molecule has 4 nitrogen and oxygen atoms in total. The number of ether oxygens (including phenoxy) is 1. The zero-order chi connectivity index (χ0) is 19.1. The first-order valence-corrected chi connectivity index (χ1v) is 9.71. The van der Waals surface area contributed by atoms with Gasteiger partial charge in [0.15, 0.2) is 0 Å². The van der Waals surface area contributed by atoms with Crippen LogP contribution in [-0.2, 0) is 11.3 Å². The lowest BCUT2D eigenvalue weighted by Gasteiger charge is -2.25. The van der Waals surface area contributed by atoms with E-state index >= 15 is 0 Å². The number of halogens is 1. The summed E-state index contributed by atoms with van der Waals surface area (Å²) in [5, 5.41) is 6.95. The van der Waals surface area contributed by atoms with Gasteiger partial charge in [-0.05, 0) is 55.7 Å². The molecule has 5 heteroatoms. The summed E-state index contributed by atoms with van der Waals surface area (Å²) in [6.07, 6.45) is 6.09. The second-order valence-corrected chi connectivity index (χ2v) is 6.94. The Morgan fingerprint density at radius 1 is 1.11 bits per heavy atom. The molecule has 0 amide bonds. The standard InChI is InChI=1S/C22H27FN2O2/c1-2-27-22(26)17-11-12-20(25-19-9-4-3-5-10-19)21(14-17)24-15-16-7-6-8-18(23)13-16/h6-8,11-14,19,24-25H,2-5,9-10,15H2,1H3. The Balaban J connectivity index is 1.79. The van der Waals surface area contributed by atoms with Gasteiger partial charge < -0.3 is 15.4 Å². The molecule has 0 heterocycles. The van der Waals surface area contributed by atoms with Crippen molar-refractivity contribution in [1.29, 1.82) is 0 Å². The molecule has 2 aromatic rings. The van der Waals surface area contributed by atoms with Gasteiger partial charge >= 0.3 is 5.97 Å². The lowest BCUT2D eigenvalue weighted by atomic mass is 9.95. The number of benzene rings is 2. The van der Waals surface area contributed by atoms with Gasteiger partial charge in [0, 0.05) is 12.6 Å². The topological polar surface area (TPSA) is 50.4 Å². The van der Waals surface area contributed by atoms with Crippen LogP contribution in [0.2, 0.25) is 0 Å². The molecular formula is C22H27FN2O2. The highest BCUT2D eigenvalue weighted by Gasteiger charge is 2.16. The van der Waals surface area contributed by atoms with Gasteiger partial charge in [-0.25, -0.2) is 9.18 Å². The third-order valence-corrected chi connectivity index (χ3v) is 4.87. The first-order valence-electron chi connectivity index (χ1n) is 9.71. The number of hydrogen-bond donors (Lipinski definition) is 2. The average Bonchev–Trinajstić information content (AvgIpc) is 2.68. The van der Waals surface area contributed by atoms with E-state index in [1.807, 2.05) is 18.2 Å². The van der Waals surface area contributed by atoms with E-state index in [0.717, 1.165) is 29.8 Å². The van der Waals surface area contributed by atoms with Crippen LogP contribution in [0.5, 0.6) is 0 Å². The van der Waals surface area contributed by atoms with Crippen LogP contribution < -0.4 is 10.6 Å². The fourth-order valence-electron chi connectivity index (χ4n) is 3.47. The van der Waals surface area contributed by atoms with Crippen LogP contribution in [0, 0.1) is 5.82 Å². The van der Waals surface area contributed by atoms with Gasteiger partial charge in [-0.2, -0.15) is 0 Å². The van der Waals surface area contributed by atoms with E-state index in [1.54, 1.807) is 19.1 Å². The summed E-state index contributed by atoms with van der Waals surface area (Å²) in [5.41, 5.74) is 3.15. The maximum atomic E-state index is 13.4. The number of esters is 1. The van der Waals surface area contributed by atoms with E-state index in [9.17, 15) is 9.18 Å². The van der Waals surface area contributed by atoms with Crippen molar-refractivity contribution in [3.63, 3.8) is 0 Å². The van der Waals surface area contributed by atoms with Crippen LogP contribution >= 0.6 is 0 Å². The smallest absolute Gasteiger partial charge is 0.338 e. The summed E-state index contributed by atoms with van der Waals surface area (Å²) >= 11 is 0. The van der Waals surface area contributed by atoms with Gasteiger partial charge in [-0.1, -0.05) is 31.4 Å². The van der Waals surface area contributed by atoms with Crippen LogP contribution in [0.4, 0.5) is 15.8 Å². The maximum absolute atomic E-state index is 13.4. The fourth-order valence-corrected chi connectivity index (χ4v) is 3.47. The van der Waals surface area contributed by atoms with Crippen LogP contribution in [0.15, 0.2) is 42.5 Å². The number of rotatable bonds is 7. The SMILES string of the molecule is CCOC(=O)c1ccc(NC2CCCCC2)c(NCc2cccc(F)c2)c1. The minimum absolute atomic E-state index is 0.255. The van der Waals surface area contributed by atoms with Crippen LogP contribution in [-0.4, -0.2) is 18.6 Å². The predicted octanol–water partition coefficient (Wildman–Crippen LogP) is 5.36. The largest absolute Gasteiger partial charge is 0.462 e. The highest BCUT2D eigenvalue weighted by molar-refractivity contribution is 5.92. The molecule has 144 valence electrons.